The van der Waals surface area contributed by atoms with Crippen molar-refractivity contribution in [2.45, 2.75) is 6.92 Å². The van der Waals surface area contributed by atoms with Crippen LogP contribution in [0.5, 0.6) is 0 Å². The fourth-order valence-corrected chi connectivity index (χ4v) is 1.98. The number of rotatable bonds is 4. The Bertz CT molecular complexity index is 822. The molecular weight excluding hydrogens is 304 g/mol. The molecular formula is C14H13ClN6O. The van der Waals surface area contributed by atoms with E-state index in [2.05, 4.69) is 20.7 Å². The average molecular weight is 317 g/mol. The quantitative estimate of drug-likeness (QED) is 0.438. The van der Waals surface area contributed by atoms with Crippen LogP contribution >= 0.6 is 11.6 Å². The van der Waals surface area contributed by atoms with Gasteiger partial charge in [0.1, 0.15) is 17.8 Å². The minimum absolute atomic E-state index is 0.327. The molecule has 3 aromatic rings. The van der Waals surface area contributed by atoms with Crippen molar-refractivity contribution in [3.05, 3.63) is 53.0 Å². The van der Waals surface area contributed by atoms with E-state index in [1.54, 1.807) is 6.07 Å². The van der Waals surface area contributed by atoms with Crippen LogP contribution in [0.2, 0.25) is 5.02 Å². The molecule has 2 aromatic heterocycles. The van der Waals surface area contributed by atoms with Gasteiger partial charge in [-0.05, 0) is 30.7 Å². The molecule has 0 fully saturated rings. The van der Waals surface area contributed by atoms with E-state index in [0.29, 0.717) is 22.5 Å². The Balaban J connectivity index is 1.73. The van der Waals surface area contributed by atoms with E-state index >= 15 is 0 Å². The van der Waals surface area contributed by atoms with Crippen LogP contribution in [0.25, 0.3) is 11.3 Å². The second kappa shape index (κ2) is 5.90. The molecule has 0 aliphatic heterocycles. The van der Waals surface area contributed by atoms with Crippen molar-refractivity contribution in [3.8, 4) is 11.3 Å². The standard InChI is InChI=1S/C14H13ClN6O/c1-9-2-3-10(6-12(9)15)13-5-4-11(22-13)7-17-19-14-20-18-8-21(14)16/h2-8H,16H2,1H3,(H,19,20)/b17-7-. The van der Waals surface area contributed by atoms with Crippen LogP contribution in [0.4, 0.5) is 5.95 Å². The van der Waals surface area contributed by atoms with Crippen molar-refractivity contribution in [2.75, 3.05) is 11.3 Å². The summed E-state index contributed by atoms with van der Waals surface area (Å²) >= 11 is 6.12. The number of nitrogens with one attached hydrogen (secondary N) is 1. The summed E-state index contributed by atoms with van der Waals surface area (Å²) in [5, 5.41) is 12.0. The highest BCUT2D eigenvalue weighted by Crippen LogP contribution is 2.26. The van der Waals surface area contributed by atoms with Gasteiger partial charge in [-0.2, -0.15) is 5.10 Å². The van der Waals surface area contributed by atoms with Gasteiger partial charge in [0.25, 0.3) is 5.95 Å². The zero-order chi connectivity index (χ0) is 15.5. The first-order valence-corrected chi connectivity index (χ1v) is 6.82. The lowest BCUT2D eigenvalue weighted by atomic mass is 10.1. The Hall–Kier alpha value is -2.80. The summed E-state index contributed by atoms with van der Waals surface area (Å²) in [5.74, 6) is 7.17. The van der Waals surface area contributed by atoms with Gasteiger partial charge in [-0.15, -0.1) is 10.2 Å². The molecule has 3 N–H and O–H groups in total. The summed E-state index contributed by atoms with van der Waals surface area (Å²) in [7, 11) is 0. The third kappa shape index (κ3) is 2.94. The van der Waals surface area contributed by atoms with Gasteiger partial charge >= 0.3 is 0 Å². The lowest BCUT2D eigenvalue weighted by Gasteiger charge is -2.00. The van der Waals surface area contributed by atoms with E-state index in [1.165, 1.54) is 17.2 Å². The molecule has 0 aliphatic rings. The van der Waals surface area contributed by atoms with Crippen LogP contribution < -0.4 is 11.3 Å². The van der Waals surface area contributed by atoms with E-state index in [-0.39, 0.29) is 0 Å². The molecule has 0 saturated heterocycles. The van der Waals surface area contributed by atoms with E-state index in [4.69, 9.17) is 21.9 Å². The normalized spacial score (nSPS) is 11.2. The smallest absolute Gasteiger partial charge is 0.263 e. The lowest BCUT2D eigenvalue weighted by Crippen LogP contribution is -2.10. The van der Waals surface area contributed by atoms with E-state index in [9.17, 15) is 0 Å². The molecule has 3 rings (SSSR count). The van der Waals surface area contributed by atoms with Crippen molar-refractivity contribution in [1.82, 2.24) is 14.9 Å². The molecule has 22 heavy (non-hydrogen) atoms. The molecule has 7 nitrogen and oxygen atoms in total. The van der Waals surface area contributed by atoms with E-state index < -0.39 is 0 Å². The number of hydrazone groups is 1. The lowest BCUT2D eigenvalue weighted by molar-refractivity contribution is 0.575. The minimum Gasteiger partial charge on any atom is -0.455 e. The number of nitrogen functional groups attached to an aromatic ring is 1. The summed E-state index contributed by atoms with van der Waals surface area (Å²) in [5.41, 5.74) is 4.59. The molecule has 0 amide bonds. The van der Waals surface area contributed by atoms with E-state index in [0.717, 1.165) is 11.1 Å². The number of nitrogens with two attached hydrogens (primary N) is 1. The number of halogens is 1. The highest BCUT2D eigenvalue weighted by atomic mass is 35.5. The molecule has 0 radical (unpaired) electrons. The average Bonchev–Trinajstić information content (AvgIpc) is 3.12. The number of aromatic nitrogens is 3. The summed E-state index contributed by atoms with van der Waals surface area (Å²) in [6.07, 6.45) is 2.89. The van der Waals surface area contributed by atoms with Gasteiger partial charge in [-0.25, -0.2) is 10.1 Å². The Morgan fingerprint density at radius 3 is 2.95 bits per heavy atom. The maximum absolute atomic E-state index is 6.12. The van der Waals surface area contributed by atoms with Gasteiger partial charge in [0.2, 0.25) is 0 Å². The molecule has 0 saturated carbocycles. The molecule has 8 heteroatoms. The van der Waals surface area contributed by atoms with Crippen LogP contribution in [0, 0.1) is 6.92 Å². The van der Waals surface area contributed by atoms with Crippen LogP contribution in [-0.4, -0.2) is 21.1 Å². The number of furan rings is 1. The fourth-order valence-electron chi connectivity index (χ4n) is 1.80. The Morgan fingerprint density at radius 2 is 2.23 bits per heavy atom. The molecule has 0 bridgehead atoms. The number of aryl methyl sites for hydroxylation is 1. The number of hydrogen-bond acceptors (Lipinski definition) is 6. The number of hydrogen-bond donors (Lipinski definition) is 2. The third-order valence-electron chi connectivity index (χ3n) is 3.01. The van der Waals surface area contributed by atoms with Crippen LogP contribution in [0.3, 0.4) is 0 Å². The van der Waals surface area contributed by atoms with Crippen LogP contribution in [0.15, 0.2) is 46.2 Å². The zero-order valence-electron chi connectivity index (χ0n) is 11.7. The van der Waals surface area contributed by atoms with E-state index in [1.807, 2.05) is 31.2 Å². The monoisotopic (exact) mass is 316 g/mol. The first-order valence-electron chi connectivity index (χ1n) is 6.44. The van der Waals surface area contributed by atoms with Gasteiger partial charge in [0.05, 0.1) is 6.21 Å². The topological polar surface area (TPSA) is 94.3 Å². The number of anilines is 1. The fraction of sp³-hybridized carbons (Fsp3) is 0.0714. The van der Waals surface area contributed by atoms with Gasteiger partial charge in [0.15, 0.2) is 0 Å². The summed E-state index contributed by atoms with van der Waals surface area (Å²) in [4.78, 5) is 0. The summed E-state index contributed by atoms with van der Waals surface area (Å²) in [6.45, 7) is 1.95. The highest BCUT2D eigenvalue weighted by molar-refractivity contribution is 6.31. The largest absolute Gasteiger partial charge is 0.455 e. The molecule has 0 unspecified atom stereocenters. The molecule has 112 valence electrons. The minimum atomic E-state index is 0.327. The molecule has 2 heterocycles. The van der Waals surface area contributed by atoms with Crippen LogP contribution in [0.1, 0.15) is 11.3 Å². The van der Waals surface area contributed by atoms with Crippen molar-refractivity contribution >= 4 is 23.8 Å². The molecule has 0 atom stereocenters. The maximum atomic E-state index is 6.12. The Kier molecular flexibility index (Phi) is 3.80. The van der Waals surface area contributed by atoms with Gasteiger partial charge in [-0.3, -0.25) is 0 Å². The number of benzene rings is 1. The second-order valence-electron chi connectivity index (χ2n) is 4.60. The second-order valence-corrected chi connectivity index (χ2v) is 5.00. The van der Waals surface area contributed by atoms with Gasteiger partial charge in [-0.1, -0.05) is 23.7 Å². The van der Waals surface area contributed by atoms with Crippen LogP contribution in [-0.2, 0) is 0 Å². The van der Waals surface area contributed by atoms with Crippen molar-refractivity contribution in [3.63, 3.8) is 0 Å². The third-order valence-corrected chi connectivity index (χ3v) is 3.42. The van der Waals surface area contributed by atoms with Gasteiger partial charge < -0.3 is 10.3 Å². The Morgan fingerprint density at radius 1 is 1.36 bits per heavy atom. The van der Waals surface area contributed by atoms with Crippen molar-refractivity contribution < 1.29 is 4.42 Å². The SMILES string of the molecule is Cc1ccc(-c2ccc(/C=N\Nc3nncn3N)o2)cc1Cl. The first-order chi connectivity index (χ1) is 10.6. The molecule has 0 aliphatic carbocycles. The van der Waals surface area contributed by atoms with Crippen molar-refractivity contribution in [1.29, 1.82) is 0 Å². The first kappa shape index (κ1) is 14.2. The summed E-state index contributed by atoms with van der Waals surface area (Å²) < 4.78 is 6.91. The summed E-state index contributed by atoms with van der Waals surface area (Å²) in [6, 6.07) is 9.43. The van der Waals surface area contributed by atoms with Crippen molar-refractivity contribution in [2.24, 2.45) is 5.10 Å². The maximum Gasteiger partial charge on any atom is 0.263 e. The predicted molar refractivity (Wildman–Crippen MR) is 85.3 cm³/mol. The van der Waals surface area contributed by atoms with Gasteiger partial charge in [0, 0.05) is 10.6 Å². The zero-order valence-corrected chi connectivity index (χ0v) is 12.4. The Labute approximate surface area is 131 Å². The molecule has 0 spiro atoms. The molecule has 1 aromatic carbocycles. The highest BCUT2D eigenvalue weighted by Gasteiger charge is 2.05. The predicted octanol–water partition coefficient (Wildman–Crippen LogP) is 2.66. The number of nitrogens with zero attached hydrogens (tertiary/aromatic N) is 4.